The zero-order valence-corrected chi connectivity index (χ0v) is 10.5. The molecule has 0 bridgehead atoms. The third-order valence-electron chi connectivity index (χ3n) is 3.39. The van der Waals surface area contributed by atoms with Gasteiger partial charge in [0.1, 0.15) is 6.04 Å². The first-order valence-electron chi connectivity index (χ1n) is 6.28. The van der Waals surface area contributed by atoms with E-state index < -0.39 is 0 Å². The number of benzene rings is 1. The molecule has 96 valence electrons. The Morgan fingerprint density at radius 1 is 1.44 bits per heavy atom. The number of amides is 2. The van der Waals surface area contributed by atoms with Gasteiger partial charge in [0.15, 0.2) is 0 Å². The first-order valence-corrected chi connectivity index (χ1v) is 6.28. The van der Waals surface area contributed by atoms with Crippen molar-refractivity contribution in [3.63, 3.8) is 0 Å². The van der Waals surface area contributed by atoms with Gasteiger partial charge in [-0.25, -0.2) is 0 Å². The molecule has 2 atom stereocenters. The molecular formula is C14H18N2O2. The first-order chi connectivity index (χ1) is 8.72. The summed E-state index contributed by atoms with van der Waals surface area (Å²) in [4.78, 5) is 24.5. The third kappa shape index (κ3) is 2.70. The molecule has 0 aliphatic carbocycles. The second-order valence-electron chi connectivity index (χ2n) is 4.64. The smallest absolute Gasteiger partial charge is 0.243 e. The summed E-state index contributed by atoms with van der Waals surface area (Å²) < 4.78 is 0. The summed E-state index contributed by atoms with van der Waals surface area (Å²) in [6.45, 7) is 2.63. The van der Waals surface area contributed by atoms with Gasteiger partial charge >= 0.3 is 0 Å². The van der Waals surface area contributed by atoms with Gasteiger partial charge in [-0.2, -0.15) is 0 Å². The van der Waals surface area contributed by atoms with Crippen LogP contribution in [0.5, 0.6) is 0 Å². The highest BCUT2D eigenvalue weighted by Crippen LogP contribution is 2.17. The van der Waals surface area contributed by atoms with Gasteiger partial charge < -0.3 is 10.2 Å². The standard InChI is InChI=1S/C14H18N2O2/c1-11(12-6-3-2-4-7-12)15-14(18)13-8-5-9-16(13)10-17/h2-4,6-7,10-11,13H,5,8-9H2,1H3,(H,15,18)/t11-,13+/m0/s1. The van der Waals surface area contributed by atoms with Gasteiger partial charge in [-0.15, -0.1) is 0 Å². The quantitative estimate of drug-likeness (QED) is 0.818. The average molecular weight is 246 g/mol. The number of carbonyl (C=O) groups excluding carboxylic acids is 2. The van der Waals surface area contributed by atoms with Crippen LogP contribution in [0.1, 0.15) is 31.4 Å². The van der Waals surface area contributed by atoms with E-state index in [0.717, 1.165) is 24.8 Å². The minimum Gasteiger partial charge on any atom is -0.348 e. The molecule has 4 nitrogen and oxygen atoms in total. The molecule has 1 aliphatic heterocycles. The van der Waals surface area contributed by atoms with Crippen LogP contribution in [0.4, 0.5) is 0 Å². The van der Waals surface area contributed by atoms with E-state index in [2.05, 4.69) is 5.32 Å². The summed E-state index contributed by atoms with van der Waals surface area (Å²) in [5.74, 6) is -0.0593. The molecule has 4 heteroatoms. The maximum atomic E-state index is 12.1. The molecule has 0 saturated carbocycles. The van der Waals surface area contributed by atoms with Crippen molar-refractivity contribution in [1.82, 2.24) is 10.2 Å². The van der Waals surface area contributed by atoms with Crippen LogP contribution in [0.3, 0.4) is 0 Å². The van der Waals surface area contributed by atoms with Crippen LogP contribution in [0.25, 0.3) is 0 Å². The van der Waals surface area contributed by atoms with Crippen molar-refractivity contribution in [3.8, 4) is 0 Å². The minimum atomic E-state index is -0.298. The highest BCUT2D eigenvalue weighted by Gasteiger charge is 2.30. The molecule has 1 aromatic rings. The Bertz CT molecular complexity index is 419. The van der Waals surface area contributed by atoms with E-state index in [1.54, 1.807) is 4.90 Å². The fourth-order valence-electron chi connectivity index (χ4n) is 2.33. The van der Waals surface area contributed by atoms with E-state index >= 15 is 0 Å². The van der Waals surface area contributed by atoms with Gasteiger partial charge in [0.2, 0.25) is 12.3 Å². The van der Waals surface area contributed by atoms with Crippen LogP contribution in [-0.2, 0) is 9.59 Å². The topological polar surface area (TPSA) is 49.4 Å². The zero-order valence-electron chi connectivity index (χ0n) is 10.5. The van der Waals surface area contributed by atoms with Crippen LogP contribution in [0.2, 0.25) is 0 Å². The Balaban J connectivity index is 1.97. The Hall–Kier alpha value is -1.84. The maximum Gasteiger partial charge on any atom is 0.243 e. The number of nitrogens with one attached hydrogen (secondary N) is 1. The van der Waals surface area contributed by atoms with Gasteiger partial charge in [-0.05, 0) is 25.3 Å². The van der Waals surface area contributed by atoms with Gasteiger partial charge in [0.05, 0.1) is 6.04 Å². The van der Waals surface area contributed by atoms with Gasteiger partial charge in [0.25, 0.3) is 0 Å². The lowest BCUT2D eigenvalue weighted by molar-refractivity contribution is -0.131. The fraction of sp³-hybridized carbons (Fsp3) is 0.429. The Morgan fingerprint density at radius 2 is 2.17 bits per heavy atom. The van der Waals surface area contributed by atoms with E-state index in [4.69, 9.17) is 0 Å². The molecule has 0 radical (unpaired) electrons. The predicted octanol–water partition coefficient (Wildman–Crippen LogP) is 1.48. The molecule has 2 amide bonds. The lowest BCUT2D eigenvalue weighted by Crippen LogP contribution is -2.43. The van der Waals surface area contributed by atoms with Crippen molar-refractivity contribution >= 4 is 12.3 Å². The molecule has 1 aliphatic rings. The SMILES string of the molecule is C[C@H](NC(=O)[C@H]1CCCN1C=O)c1ccccc1. The summed E-state index contributed by atoms with van der Waals surface area (Å²) in [6.07, 6.45) is 2.42. The molecule has 1 heterocycles. The molecule has 0 aromatic heterocycles. The summed E-state index contributed by atoms with van der Waals surface area (Å²) in [5, 5.41) is 2.96. The molecule has 0 unspecified atom stereocenters. The highest BCUT2D eigenvalue weighted by atomic mass is 16.2. The van der Waals surface area contributed by atoms with Crippen molar-refractivity contribution in [2.75, 3.05) is 6.54 Å². The lowest BCUT2D eigenvalue weighted by atomic mass is 10.1. The van der Waals surface area contributed by atoms with Gasteiger partial charge in [-0.3, -0.25) is 9.59 Å². The Labute approximate surface area is 107 Å². The van der Waals surface area contributed by atoms with Crippen molar-refractivity contribution in [2.45, 2.75) is 31.8 Å². The van der Waals surface area contributed by atoms with E-state index in [1.807, 2.05) is 37.3 Å². The normalized spacial score (nSPS) is 20.5. The van der Waals surface area contributed by atoms with Crippen molar-refractivity contribution < 1.29 is 9.59 Å². The molecular weight excluding hydrogens is 228 g/mol. The maximum absolute atomic E-state index is 12.1. The largest absolute Gasteiger partial charge is 0.348 e. The molecule has 1 saturated heterocycles. The van der Waals surface area contributed by atoms with Gasteiger partial charge in [-0.1, -0.05) is 30.3 Å². The van der Waals surface area contributed by atoms with E-state index in [-0.39, 0.29) is 18.0 Å². The Kier molecular flexibility index (Phi) is 3.97. The number of hydrogen-bond acceptors (Lipinski definition) is 2. The van der Waals surface area contributed by atoms with Crippen LogP contribution in [0.15, 0.2) is 30.3 Å². The first kappa shape index (κ1) is 12.6. The van der Waals surface area contributed by atoms with Crippen molar-refractivity contribution in [1.29, 1.82) is 0 Å². The second kappa shape index (κ2) is 5.67. The van der Waals surface area contributed by atoms with E-state index in [0.29, 0.717) is 6.54 Å². The van der Waals surface area contributed by atoms with Crippen LogP contribution < -0.4 is 5.32 Å². The summed E-state index contributed by atoms with van der Waals surface area (Å²) in [5.41, 5.74) is 1.07. The molecule has 18 heavy (non-hydrogen) atoms. The summed E-state index contributed by atoms with van der Waals surface area (Å²) in [6, 6.07) is 9.48. The molecule has 1 aromatic carbocycles. The average Bonchev–Trinajstić information content (AvgIpc) is 2.88. The molecule has 1 fully saturated rings. The Morgan fingerprint density at radius 3 is 2.83 bits per heavy atom. The number of nitrogens with zero attached hydrogens (tertiary/aromatic N) is 1. The molecule has 2 rings (SSSR count). The van der Waals surface area contributed by atoms with E-state index in [9.17, 15) is 9.59 Å². The second-order valence-corrected chi connectivity index (χ2v) is 4.64. The molecule has 0 spiro atoms. The summed E-state index contributed by atoms with van der Waals surface area (Å²) >= 11 is 0. The number of likely N-dealkylation sites (tertiary alicyclic amines) is 1. The summed E-state index contributed by atoms with van der Waals surface area (Å²) in [7, 11) is 0. The van der Waals surface area contributed by atoms with Crippen LogP contribution >= 0.6 is 0 Å². The third-order valence-corrected chi connectivity index (χ3v) is 3.39. The number of hydrogen-bond donors (Lipinski definition) is 1. The number of rotatable bonds is 4. The number of carbonyl (C=O) groups is 2. The monoisotopic (exact) mass is 246 g/mol. The highest BCUT2D eigenvalue weighted by molar-refractivity contribution is 5.84. The van der Waals surface area contributed by atoms with Crippen LogP contribution in [0, 0.1) is 0 Å². The predicted molar refractivity (Wildman–Crippen MR) is 68.8 cm³/mol. The van der Waals surface area contributed by atoms with E-state index in [1.165, 1.54) is 0 Å². The van der Waals surface area contributed by atoms with Crippen molar-refractivity contribution in [3.05, 3.63) is 35.9 Å². The van der Waals surface area contributed by atoms with Crippen LogP contribution in [-0.4, -0.2) is 29.8 Å². The van der Waals surface area contributed by atoms with Gasteiger partial charge in [0, 0.05) is 6.54 Å². The minimum absolute atomic E-state index is 0.0344. The fourth-order valence-corrected chi connectivity index (χ4v) is 2.33. The molecule has 1 N–H and O–H groups in total. The lowest BCUT2D eigenvalue weighted by Gasteiger charge is -2.22. The zero-order chi connectivity index (χ0) is 13.0. The van der Waals surface area contributed by atoms with Crippen molar-refractivity contribution in [2.24, 2.45) is 0 Å².